The average molecular weight is 494 g/mol. The average Bonchev–Trinajstić information content (AvgIpc) is 3.19. The zero-order valence-corrected chi connectivity index (χ0v) is 22.8. The van der Waals surface area contributed by atoms with E-state index in [0.29, 0.717) is 24.4 Å². The van der Waals surface area contributed by atoms with Crippen molar-refractivity contribution in [3.05, 3.63) is 12.7 Å². The number of aliphatic hydroxyl groups excluding tert-OH is 1. The van der Waals surface area contributed by atoms with Crippen LogP contribution in [0.1, 0.15) is 79.1 Å². The van der Waals surface area contributed by atoms with E-state index in [-0.39, 0.29) is 29.1 Å². The SMILES string of the molecule is C1CCNCC1.C=C[C@]1(C)C[C@@H](OC(=O)CSC)[C@]2(C)C(C)CCC3(CCC(=O)C32)[C@@H](C)C1O. The lowest BCUT2D eigenvalue weighted by Gasteiger charge is -2.61. The van der Waals surface area contributed by atoms with E-state index in [1.54, 1.807) is 0 Å². The molecule has 0 amide bonds. The summed E-state index contributed by atoms with van der Waals surface area (Å²) in [6.45, 7) is 15.0. The van der Waals surface area contributed by atoms with Crippen LogP contribution in [0.5, 0.6) is 0 Å². The lowest BCUT2D eigenvalue weighted by atomic mass is 9.44. The second-order valence-electron chi connectivity index (χ2n) is 11.8. The second kappa shape index (κ2) is 11.0. The zero-order chi connectivity index (χ0) is 25.1. The van der Waals surface area contributed by atoms with E-state index in [4.69, 9.17) is 4.74 Å². The molecule has 4 aliphatic rings. The third kappa shape index (κ3) is 4.88. The van der Waals surface area contributed by atoms with Crippen molar-refractivity contribution in [1.29, 1.82) is 0 Å². The number of Topliss-reactive ketones (excluding diaryl/α,β-unsaturated/α-hetero) is 1. The molecular formula is C28H47NO4S. The fourth-order valence-electron chi connectivity index (χ4n) is 7.61. The van der Waals surface area contributed by atoms with Gasteiger partial charge in [0.2, 0.25) is 0 Å². The molecular weight excluding hydrogens is 446 g/mol. The fourth-order valence-corrected chi connectivity index (χ4v) is 7.92. The largest absolute Gasteiger partial charge is 0.461 e. The molecule has 4 rings (SSSR count). The molecule has 2 N–H and O–H groups in total. The summed E-state index contributed by atoms with van der Waals surface area (Å²) in [5, 5.41) is 14.7. The number of ketones is 1. The van der Waals surface area contributed by atoms with Crippen molar-refractivity contribution in [1.82, 2.24) is 5.32 Å². The summed E-state index contributed by atoms with van der Waals surface area (Å²) in [4.78, 5) is 25.7. The van der Waals surface area contributed by atoms with Crippen LogP contribution in [0.2, 0.25) is 0 Å². The predicted octanol–water partition coefficient (Wildman–Crippen LogP) is 5.02. The van der Waals surface area contributed by atoms with Gasteiger partial charge in [0.1, 0.15) is 11.9 Å². The van der Waals surface area contributed by atoms with Gasteiger partial charge in [-0.15, -0.1) is 6.58 Å². The Bertz CT molecular complexity index is 743. The lowest BCUT2D eigenvalue weighted by molar-refractivity contribution is -0.205. The van der Waals surface area contributed by atoms with Crippen LogP contribution in [0.25, 0.3) is 0 Å². The molecule has 3 aliphatic carbocycles. The normalized spacial score (nSPS) is 44.1. The number of nitrogens with one attached hydrogen (secondary N) is 1. The van der Waals surface area contributed by atoms with Crippen LogP contribution in [0, 0.1) is 34.0 Å². The summed E-state index contributed by atoms with van der Waals surface area (Å²) in [6.07, 6.45) is 10.8. The van der Waals surface area contributed by atoms with Crippen molar-refractivity contribution < 1.29 is 19.4 Å². The van der Waals surface area contributed by atoms with Crippen molar-refractivity contribution in [3.8, 4) is 0 Å². The first-order valence-electron chi connectivity index (χ1n) is 13.3. The van der Waals surface area contributed by atoms with Crippen molar-refractivity contribution in [2.24, 2.45) is 34.0 Å². The van der Waals surface area contributed by atoms with Gasteiger partial charge in [-0.1, -0.05) is 40.2 Å². The predicted molar refractivity (Wildman–Crippen MR) is 140 cm³/mol. The molecule has 8 atom stereocenters. The highest BCUT2D eigenvalue weighted by Crippen LogP contribution is 2.67. The first-order chi connectivity index (χ1) is 16.1. The van der Waals surface area contributed by atoms with Crippen LogP contribution in [-0.4, -0.2) is 54.2 Å². The molecule has 3 saturated carbocycles. The molecule has 5 nitrogen and oxygen atoms in total. The Morgan fingerprint density at radius 1 is 1.24 bits per heavy atom. The molecule has 6 heteroatoms. The summed E-state index contributed by atoms with van der Waals surface area (Å²) in [7, 11) is 0. The lowest BCUT2D eigenvalue weighted by Crippen LogP contribution is -2.63. The van der Waals surface area contributed by atoms with E-state index in [2.05, 4.69) is 32.7 Å². The number of hydrogen-bond donors (Lipinski definition) is 2. The number of carbonyl (C=O) groups excluding carboxylic acids is 2. The first kappa shape index (κ1) is 27.7. The smallest absolute Gasteiger partial charge is 0.316 e. The second-order valence-corrected chi connectivity index (χ2v) is 12.7. The Kier molecular flexibility index (Phi) is 9.01. The van der Waals surface area contributed by atoms with Gasteiger partial charge in [-0.25, -0.2) is 0 Å². The molecule has 0 aromatic rings. The Balaban J connectivity index is 0.000000469. The van der Waals surface area contributed by atoms with Gasteiger partial charge in [-0.2, -0.15) is 11.8 Å². The van der Waals surface area contributed by atoms with Crippen molar-refractivity contribution >= 4 is 23.5 Å². The van der Waals surface area contributed by atoms with Gasteiger partial charge in [0, 0.05) is 23.2 Å². The summed E-state index contributed by atoms with van der Waals surface area (Å²) in [5.41, 5.74) is -1.20. The van der Waals surface area contributed by atoms with Crippen LogP contribution in [0.3, 0.4) is 0 Å². The summed E-state index contributed by atoms with van der Waals surface area (Å²) < 4.78 is 6.09. The van der Waals surface area contributed by atoms with E-state index in [9.17, 15) is 14.7 Å². The molecule has 0 aromatic heterocycles. The molecule has 4 unspecified atom stereocenters. The maximum atomic E-state index is 13.2. The highest BCUT2D eigenvalue weighted by molar-refractivity contribution is 7.99. The maximum absolute atomic E-state index is 13.2. The minimum atomic E-state index is -0.613. The van der Waals surface area contributed by atoms with Crippen LogP contribution >= 0.6 is 11.8 Å². The Labute approximate surface area is 211 Å². The molecule has 0 spiro atoms. The molecule has 1 aliphatic heterocycles. The number of carbonyl (C=O) groups is 2. The van der Waals surface area contributed by atoms with Crippen LogP contribution in [0.4, 0.5) is 0 Å². The summed E-state index contributed by atoms with van der Waals surface area (Å²) in [6, 6.07) is 0. The monoisotopic (exact) mass is 493 g/mol. The Morgan fingerprint density at radius 3 is 2.44 bits per heavy atom. The maximum Gasteiger partial charge on any atom is 0.316 e. The zero-order valence-electron chi connectivity index (χ0n) is 22.0. The number of rotatable bonds is 4. The molecule has 0 radical (unpaired) electrons. The first-order valence-corrected chi connectivity index (χ1v) is 14.7. The number of hydrogen-bond acceptors (Lipinski definition) is 6. The summed E-state index contributed by atoms with van der Waals surface area (Å²) >= 11 is 1.44. The highest BCUT2D eigenvalue weighted by atomic mass is 32.2. The number of ether oxygens (including phenoxy) is 1. The highest BCUT2D eigenvalue weighted by Gasteiger charge is 2.68. The standard InChI is InChI=1S/C23H36O4S.C5H11N/c1-7-21(4)12-17(27-18(25)13-28-6)22(5)14(2)8-10-23(15(3)20(21)26)11-9-16(24)19(22)23;1-2-4-6-5-3-1/h7,14-15,17,19-20,26H,1,8-13H2,2-6H3;6H,1-5H2/t14?,15-,17+,19?,20?,21+,22-,23?;/m0./s1. The third-order valence-electron chi connectivity index (χ3n) is 10.0. The van der Waals surface area contributed by atoms with Crippen molar-refractivity contribution in [2.45, 2.75) is 91.3 Å². The van der Waals surface area contributed by atoms with Crippen LogP contribution in [-0.2, 0) is 14.3 Å². The van der Waals surface area contributed by atoms with Crippen LogP contribution in [0.15, 0.2) is 12.7 Å². The molecule has 4 fully saturated rings. The van der Waals surface area contributed by atoms with E-state index < -0.39 is 23.0 Å². The minimum Gasteiger partial charge on any atom is -0.461 e. The topological polar surface area (TPSA) is 75.6 Å². The molecule has 1 heterocycles. The van der Waals surface area contributed by atoms with E-state index >= 15 is 0 Å². The van der Waals surface area contributed by atoms with Gasteiger partial charge in [-0.3, -0.25) is 9.59 Å². The van der Waals surface area contributed by atoms with Gasteiger partial charge < -0.3 is 15.2 Å². The number of esters is 1. The Hall–Kier alpha value is -0.850. The molecule has 2 bridgehead atoms. The van der Waals surface area contributed by atoms with Gasteiger partial charge in [0.25, 0.3) is 0 Å². The number of aliphatic hydroxyl groups is 1. The molecule has 194 valence electrons. The van der Waals surface area contributed by atoms with Gasteiger partial charge >= 0.3 is 5.97 Å². The fraction of sp³-hybridized carbons (Fsp3) is 0.857. The molecule has 1 saturated heterocycles. The van der Waals surface area contributed by atoms with Crippen molar-refractivity contribution in [2.75, 3.05) is 25.1 Å². The third-order valence-corrected chi connectivity index (χ3v) is 10.6. The molecule has 34 heavy (non-hydrogen) atoms. The van der Waals surface area contributed by atoms with E-state index in [1.807, 2.05) is 19.3 Å². The van der Waals surface area contributed by atoms with Crippen molar-refractivity contribution in [3.63, 3.8) is 0 Å². The van der Waals surface area contributed by atoms with Gasteiger partial charge in [-0.05, 0) is 75.1 Å². The van der Waals surface area contributed by atoms with E-state index in [1.165, 1.54) is 44.1 Å². The van der Waals surface area contributed by atoms with Crippen LogP contribution < -0.4 is 5.32 Å². The Morgan fingerprint density at radius 2 is 1.91 bits per heavy atom. The van der Waals surface area contributed by atoms with E-state index in [0.717, 1.165) is 19.3 Å². The summed E-state index contributed by atoms with van der Waals surface area (Å²) in [5.74, 6) is 0.477. The number of piperidine rings is 1. The van der Waals surface area contributed by atoms with Gasteiger partial charge in [0.05, 0.1) is 11.9 Å². The molecule has 0 aromatic carbocycles. The van der Waals surface area contributed by atoms with Gasteiger partial charge in [0.15, 0.2) is 0 Å². The quantitative estimate of drug-likeness (QED) is 0.423. The number of thioether (sulfide) groups is 1. The minimum absolute atomic E-state index is 0.00150.